The van der Waals surface area contributed by atoms with E-state index in [4.69, 9.17) is 10.5 Å². The average molecular weight is 382 g/mol. The number of nitrogens with two attached hydrogens (primary N) is 1. The van der Waals surface area contributed by atoms with Gasteiger partial charge in [0.2, 0.25) is 5.88 Å². The molecule has 0 unspecified atom stereocenters. The van der Waals surface area contributed by atoms with Crippen molar-refractivity contribution in [2.24, 2.45) is 0 Å². The summed E-state index contributed by atoms with van der Waals surface area (Å²) >= 11 is 0. The van der Waals surface area contributed by atoms with Gasteiger partial charge in [0, 0.05) is 31.9 Å². The van der Waals surface area contributed by atoms with Gasteiger partial charge in [0.05, 0.1) is 0 Å². The smallest absolute Gasteiger partial charge is 0.242 e. The number of aryl methyl sites for hydroxylation is 1. The van der Waals surface area contributed by atoms with Crippen molar-refractivity contribution in [1.82, 2.24) is 9.97 Å². The van der Waals surface area contributed by atoms with Crippen LogP contribution in [0.1, 0.15) is 43.2 Å². The summed E-state index contributed by atoms with van der Waals surface area (Å²) in [4.78, 5) is 13.5. The highest BCUT2D eigenvalue weighted by Gasteiger charge is 2.24. The van der Waals surface area contributed by atoms with E-state index < -0.39 is 0 Å². The minimum Gasteiger partial charge on any atom is -0.473 e. The molecule has 2 aromatic rings. The molecule has 0 radical (unpaired) electrons. The van der Waals surface area contributed by atoms with Gasteiger partial charge in [-0.1, -0.05) is 18.6 Å². The number of nitrogen functional groups attached to an aromatic ring is 1. The maximum Gasteiger partial charge on any atom is 0.242 e. The van der Waals surface area contributed by atoms with Crippen LogP contribution in [0.4, 0.5) is 17.2 Å². The number of hydrogen-bond acceptors (Lipinski definition) is 6. The molecule has 0 spiro atoms. The van der Waals surface area contributed by atoms with Crippen LogP contribution in [0.3, 0.4) is 0 Å². The lowest BCUT2D eigenvalue weighted by Crippen LogP contribution is -2.47. The maximum absolute atomic E-state index is 6.42. The maximum atomic E-state index is 6.42. The largest absolute Gasteiger partial charge is 0.473 e. The number of ether oxygens (including phenoxy) is 1. The van der Waals surface area contributed by atoms with E-state index in [0.29, 0.717) is 11.6 Å². The molecular weight excluding hydrogens is 350 g/mol. The molecule has 1 aromatic carbocycles. The van der Waals surface area contributed by atoms with Crippen LogP contribution in [-0.4, -0.2) is 42.3 Å². The molecule has 0 amide bonds. The van der Waals surface area contributed by atoms with Gasteiger partial charge in [-0.05, 0) is 56.7 Å². The molecule has 2 fully saturated rings. The Balaban J connectivity index is 1.44. The van der Waals surface area contributed by atoms with Crippen molar-refractivity contribution in [3.05, 3.63) is 35.7 Å². The van der Waals surface area contributed by atoms with Crippen molar-refractivity contribution < 1.29 is 4.74 Å². The van der Waals surface area contributed by atoms with Gasteiger partial charge in [-0.2, -0.15) is 4.98 Å². The third-order valence-corrected chi connectivity index (χ3v) is 6.15. The van der Waals surface area contributed by atoms with E-state index in [1.807, 2.05) is 0 Å². The second-order valence-corrected chi connectivity index (χ2v) is 7.99. The lowest BCUT2D eigenvalue weighted by atomic mass is 9.98. The second kappa shape index (κ2) is 8.25. The molecule has 0 bridgehead atoms. The van der Waals surface area contributed by atoms with E-state index in [0.717, 1.165) is 44.8 Å². The molecule has 2 aliphatic rings. The zero-order chi connectivity index (χ0) is 19.5. The van der Waals surface area contributed by atoms with Crippen LogP contribution in [0.25, 0.3) is 0 Å². The number of anilines is 3. The number of benzene rings is 1. The molecule has 1 aliphatic carbocycles. The highest BCUT2D eigenvalue weighted by molar-refractivity contribution is 5.68. The summed E-state index contributed by atoms with van der Waals surface area (Å²) in [5, 5.41) is 0. The monoisotopic (exact) mass is 381 g/mol. The Morgan fingerprint density at radius 2 is 1.68 bits per heavy atom. The lowest BCUT2D eigenvalue weighted by Gasteiger charge is -2.38. The molecule has 4 rings (SSSR count). The van der Waals surface area contributed by atoms with Crippen LogP contribution in [-0.2, 0) is 0 Å². The first-order valence-electron chi connectivity index (χ1n) is 10.5. The fraction of sp³-hybridized carbons (Fsp3) is 0.545. The zero-order valence-corrected chi connectivity index (χ0v) is 17.0. The molecule has 2 heterocycles. The van der Waals surface area contributed by atoms with Crippen molar-refractivity contribution in [3.8, 4) is 5.88 Å². The second-order valence-electron chi connectivity index (χ2n) is 7.99. The molecule has 1 saturated heterocycles. The van der Waals surface area contributed by atoms with Crippen LogP contribution in [0.15, 0.2) is 24.5 Å². The first-order chi connectivity index (χ1) is 13.6. The van der Waals surface area contributed by atoms with Crippen LogP contribution in [0.2, 0.25) is 0 Å². The van der Waals surface area contributed by atoms with Gasteiger partial charge in [0.15, 0.2) is 5.82 Å². The van der Waals surface area contributed by atoms with E-state index in [1.54, 1.807) is 6.33 Å². The third kappa shape index (κ3) is 3.86. The number of rotatable bonds is 4. The van der Waals surface area contributed by atoms with E-state index in [-0.39, 0.29) is 6.10 Å². The van der Waals surface area contributed by atoms with Crippen molar-refractivity contribution in [3.63, 3.8) is 0 Å². The SMILES string of the molecule is Cc1cccc(N2CCN(c3ncnc(OC4CCCCC4)c3N)CC2)c1C. The molecule has 28 heavy (non-hydrogen) atoms. The Kier molecular flexibility index (Phi) is 5.55. The van der Waals surface area contributed by atoms with Gasteiger partial charge in [0.25, 0.3) is 0 Å². The van der Waals surface area contributed by atoms with Gasteiger partial charge >= 0.3 is 0 Å². The highest BCUT2D eigenvalue weighted by atomic mass is 16.5. The zero-order valence-electron chi connectivity index (χ0n) is 17.0. The Hall–Kier alpha value is -2.50. The summed E-state index contributed by atoms with van der Waals surface area (Å²) < 4.78 is 6.12. The molecule has 1 aromatic heterocycles. The molecule has 1 aliphatic heterocycles. The van der Waals surface area contributed by atoms with E-state index in [2.05, 4.69) is 51.8 Å². The van der Waals surface area contributed by atoms with Crippen molar-refractivity contribution in [2.45, 2.75) is 52.1 Å². The van der Waals surface area contributed by atoms with Crippen molar-refractivity contribution in [1.29, 1.82) is 0 Å². The average Bonchev–Trinajstić information content (AvgIpc) is 2.73. The fourth-order valence-electron chi connectivity index (χ4n) is 4.29. The van der Waals surface area contributed by atoms with Crippen molar-refractivity contribution >= 4 is 17.2 Å². The Bertz CT molecular complexity index is 811. The third-order valence-electron chi connectivity index (χ3n) is 6.15. The fourth-order valence-corrected chi connectivity index (χ4v) is 4.29. The van der Waals surface area contributed by atoms with Crippen LogP contribution < -0.4 is 20.3 Å². The van der Waals surface area contributed by atoms with E-state index in [1.165, 1.54) is 36.1 Å². The van der Waals surface area contributed by atoms with E-state index in [9.17, 15) is 0 Å². The number of piperazine rings is 1. The van der Waals surface area contributed by atoms with Crippen LogP contribution in [0, 0.1) is 13.8 Å². The van der Waals surface area contributed by atoms with E-state index >= 15 is 0 Å². The normalized spacial score (nSPS) is 18.4. The lowest BCUT2D eigenvalue weighted by molar-refractivity contribution is 0.149. The Morgan fingerprint density at radius 3 is 2.43 bits per heavy atom. The molecular formula is C22H31N5O. The number of nitrogens with zero attached hydrogens (tertiary/aromatic N) is 4. The quantitative estimate of drug-likeness (QED) is 0.871. The van der Waals surface area contributed by atoms with Gasteiger partial charge in [-0.3, -0.25) is 0 Å². The minimum absolute atomic E-state index is 0.236. The molecule has 1 saturated carbocycles. The Morgan fingerprint density at radius 1 is 0.964 bits per heavy atom. The molecule has 0 atom stereocenters. The molecule has 6 nitrogen and oxygen atoms in total. The standard InChI is InChI=1S/C22H31N5O/c1-16-7-6-10-19(17(16)2)26-11-13-27(14-12-26)21-20(23)22(25-15-24-21)28-18-8-4-3-5-9-18/h6-7,10,15,18H,3-5,8-9,11-14,23H2,1-2H3. The van der Waals surface area contributed by atoms with Gasteiger partial charge in [-0.15, -0.1) is 0 Å². The first-order valence-corrected chi connectivity index (χ1v) is 10.5. The topological polar surface area (TPSA) is 67.5 Å². The van der Waals surface area contributed by atoms with Gasteiger partial charge in [0.1, 0.15) is 18.1 Å². The predicted octanol–water partition coefficient (Wildman–Crippen LogP) is 3.71. The molecule has 2 N–H and O–H groups in total. The van der Waals surface area contributed by atoms with Crippen LogP contribution in [0.5, 0.6) is 5.88 Å². The summed E-state index contributed by atoms with van der Waals surface area (Å²) in [7, 11) is 0. The predicted molar refractivity (Wildman–Crippen MR) is 114 cm³/mol. The van der Waals surface area contributed by atoms with Crippen LogP contribution >= 0.6 is 0 Å². The number of aromatic nitrogens is 2. The minimum atomic E-state index is 0.236. The van der Waals surface area contributed by atoms with Crippen molar-refractivity contribution in [2.75, 3.05) is 41.7 Å². The first kappa shape index (κ1) is 18.8. The molecule has 6 heteroatoms. The Labute approximate surface area is 167 Å². The summed E-state index contributed by atoms with van der Waals surface area (Å²) in [5.74, 6) is 1.36. The summed E-state index contributed by atoms with van der Waals surface area (Å²) in [6.45, 7) is 8.05. The molecule has 150 valence electrons. The highest BCUT2D eigenvalue weighted by Crippen LogP contribution is 2.32. The van der Waals surface area contributed by atoms with Gasteiger partial charge < -0.3 is 20.3 Å². The summed E-state index contributed by atoms with van der Waals surface area (Å²) in [6.07, 6.45) is 7.75. The summed E-state index contributed by atoms with van der Waals surface area (Å²) in [5.41, 5.74) is 11.0. The van der Waals surface area contributed by atoms with Gasteiger partial charge in [-0.25, -0.2) is 4.98 Å². The summed E-state index contributed by atoms with van der Waals surface area (Å²) in [6, 6.07) is 6.53. The number of hydrogen-bond donors (Lipinski definition) is 1.